The van der Waals surface area contributed by atoms with Gasteiger partial charge in [-0.2, -0.15) is 0 Å². The number of aliphatic hydroxyl groups is 1. The van der Waals surface area contributed by atoms with E-state index in [1.165, 1.54) is 25.7 Å². The zero-order valence-corrected chi connectivity index (χ0v) is 9.79. The van der Waals surface area contributed by atoms with Crippen LogP contribution in [0.25, 0.3) is 0 Å². The topological polar surface area (TPSA) is 32.3 Å². The van der Waals surface area contributed by atoms with Gasteiger partial charge in [0, 0.05) is 12.6 Å². The summed E-state index contributed by atoms with van der Waals surface area (Å²) < 4.78 is 0. The fourth-order valence-electron chi connectivity index (χ4n) is 2.30. The molecule has 0 aromatic rings. The Morgan fingerprint density at radius 1 is 1.36 bits per heavy atom. The molecule has 0 spiro atoms. The number of hydrogen-bond donors (Lipinski definition) is 2. The Hall–Kier alpha value is -0.0800. The van der Waals surface area contributed by atoms with Crippen LogP contribution in [0.15, 0.2) is 0 Å². The summed E-state index contributed by atoms with van der Waals surface area (Å²) in [4.78, 5) is 0. The van der Waals surface area contributed by atoms with Gasteiger partial charge in [0.1, 0.15) is 0 Å². The van der Waals surface area contributed by atoms with E-state index in [0.717, 1.165) is 12.5 Å². The van der Waals surface area contributed by atoms with E-state index in [-0.39, 0.29) is 6.10 Å². The van der Waals surface area contributed by atoms with E-state index in [2.05, 4.69) is 26.1 Å². The van der Waals surface area contributed by atoms with Crippen molar-refractivity contribution in [2.75, 3.05) is 6.54 Å². The number of nitrogens with one attached hydrogen (secondary N) is 1. The summed E-state index contributed by atoms with van der Waals surface area (Å²) in [7, 11) is 0. The van der Waals surface area contributed by atoms with E-state index in [9.17, 15) is 5.11 Å². The maximum absolute atomic E-state index is 9.68. The smallest absolute Gasteiger partial charge is 0.0687 e. The van der Waals surface area contributed by atoms with Crippen LogP contribution in [0, 0.1) is 11.8 Å². The van der Waals surface area contributed by atoms with Crippen LogP contribution in [0.3, 0.4) is 0 Å². The summed E-state index contributed by atoms with van der Waals surface area (Å²) in [6.45, 7) is 7.17. The van der Waals surface area contributed by atoms with E-state index in [1.54, 1.807) is 0 Å². The van der Waals surface area contributed by atoms with Crippen LogP contribution in [0.4, 0.5) is 0 Å². The molecule has 3 atom stereocenters. The molecule has 0 aromatic heterocycles. The molecule has 2 N–H and O–H groups in total. The molecule has 84 valence electrons. The minimum atomic E-state index is -0.187. The molecular weight excluding hydrogens is 174 g/mol. The third-order valence-electron chi connectivity index (χ3n) is 3.54. The minimum absolute atomic E-state index is 0.187. The van der Waals surface area contributed by atoms with Crippen LogP contribution in [0.1, 0.15) is 46.5 Å². The highest BCUT2D eigenvalue weighted by Gasteiger charge is 2.25. The lowest BCUT2D eigenvalue weighted by molar-refractivity contribution is 0.117. The van der Waals surface area contributed by atoms with Crippen LogP contribution in [0.5, 0.6) is 0 Å². The van der Waals surface area contributed by atoms with Gasteiger partial charge in [-0.05, 0) is 24.7 Å². The Morgan fingerprint density at radius 3 is 2.64 bits per heavy atom. The summed E-state index contributed by atoms with van der Waals surface area (Å²) in [5, 5.41) is 13.2. The molecule has 0 amide bonds. The molecule has 2 heteroatoms. The minimum Gasteiger partial charge on any atom is -0.392 e. The first-order valence-electron chi connectivity index (χ1n) is 6.06. The summed E-state index contributed by atoms with van der Waals surface area (Å²) in [6, 6.07) is 0.661. The van der Waals surface area contributed by atoms with Crippen molar-refractivity contribution in [1.29, 1.82) is 0 Å². The zero-order chi connectivity index (χ0) is 10.6. The molecule has 14 heavy (non-hydrogen) atoms. The Balaban J connectivity index is 2.23. The van der Waals surface area contributed by atoms with Crippen molar-refractivity contribution in [3.63, 3.8) is 0 Å². The molecule has 1 aliphatic rings. The molecule has 0 radical (unpaired) electrons. The van der Waals surface area contributed by atoms with Gasteiger partial charge in [-0.1, -0.05) is 33.6 Å². The lowest BCUT2D eigenvalue weighted by Gasteiger charge is -2.23. The van der Waals surface area contributed by atoms with Gasteiger partial charge in [0.05, 0.1) is 6.10 Å². The lowest BCUT2D eigenvalue weighted by Crippen LogP contribution is -2.39. The Morgan fingerprint density at radius 2 is 2.07 bits per heavy atom. The number of rotatable bonds is 5. The van der Waals surface area contributed by atoms with Crippen LogP contribution in [0.2, 0.25) is 0 Å². The first-order valence-corrected chi connectivity index (χ1v) is 6.06. The second-order valence-electron chi connectivity index (χ2n) is 4.93. The molecule has 2 nitrogen and oxygen atoms in total. The highest BCUT2D eigenvalue weighted by molar-refractivity contribution is 4.83. The average Bonchev–Trinajstić information content (AvgIpc) is 2.60. The van der Waals surface area contributed by atoms with Gasteiger partial charge < -0.3 is 10.4 Å². The van der Waals surface area contributed by atoms with Gasteiger partial charge in [0.2, 0.25) is 0 Å². The highest BCUT2D eigenvalue weighted by Crippen LogP contribution is 2.27. The van der Waals surface area contributed by atoms with Gasteiger partial charge in [-0.25, -0.2) is 0 Å². The van der Waals surface area contributed by atoms with Crippen LogP contribution < -0.4 is 5.32 Å². The second kappa shape index (κ2) is 5.72. The monoisotopic (exact) mass is 199 g/mol. The second-order valence-corrected chi connectivity index (χ2v) is 4.93. The molecule has 0 aliphatic heterocycles. The summed E-state index contributed by atoms with van der Waals surface area (Å²) in [5.74, 6) is 1.21. The molecule has 0 heterocycles. The molecular formula is C12H25NO. The van der Waals surface area contributed by atoms with Crippen molar-refractivity contribution in [2.24, 2.45) is 11.8 Å². The normalized spacial score (nSPS) is 29.8. The first-order chi connectivity index (χ1) is 6.65. The van der Waals surface area contributed by atoms with Crippen molar-refractivity contribution in [3.8, 4) is 0 Å². The molecule has 1 fully saturated rings. The molecule has 3 unspecified atom stereocenters. The van der Waals surface area contributed by atoms with Gasteiger partial charge >= 0.3 is 0 Å². The standard InChI is InChI=1S/C12H25NO/c1-4-10-6-5-7-11(10)13-8-12(14)9(2)3/h9-14H,4-8H2,1-3H3. The van der Waals surface area contributed by atoms with Crippen molar-refractivity contribution >= 4 is 0 Å². The molecule has 0 saturated heterocycles. The van der Waals surface area contributed by atoms with Crippen molar-refractivity contribution < 1.29 is 5.11 Å². The van der Waals surface area contributed by atoms with E-state index >= 15 is 0 Å². The number of aliphatic hydroxyl groups excluding tert-OH is 1. The fourth-order valence-corrected chi connectivity index (χ4v) is 2.30. The van der Waals surface area contributed by atoms with Crippen LogP contribution >= 0.6 is 0 Å². The molecule has 1 rings (SSSR count). The Bertz CT molecular complexity index is 158. The van der Waals surface area contributed by atoms with Gasteiger partial charge in [-0.3, -0.25) is 0 Å². The van der Waals surface area contributed by atoms with Gasteiger partial charge in [0.25, 0.3) is 0 Å². The third-order valence-corrected chi connectivity index (χ3v) is 3.54. The predicted molar refractivity (Wildman–Crippen MR) is 60.3 cm³/mol. The van der Waals surface area contributed by atoms with Crippen LogP contribution in [-0.2, 0) is 0 Å². The maximum atomic E-state index is 9.68. The number of hydrogen-bond acceptors (Lipinski definition) is 2. The lowest BCUT2D eigenvalue weighted by atomic mass is 10.00. The molecule has 0 bridgehead atoms. The van der Waals surface area contributed by atoms with Gasteiger partial charge in [0.15, 0.2) is 0 Å². The van der Waals surface area contributed by atoms with Crippen molar-refractivity contribution in [3.05, 3.63) is 0 Å². The average molecular weight is 199 g/mol. The first kappa shape index (κ1) is 12.0. The van der Waals surface area contributed by atoms with Crippen molar-refractivity contribution in [2.45, 2.75) is 58.6 Å². The highest BCUT2D eigenvalue weighted by atomic mass is 16.3. The van der Waals surface area contributed by atoms with Crippen molar-refractivity contribution in [1.82, 2.24) is 5.32 Å². The Kier molecular flexibility index (Phi) is 4.90. The molecule has 0 aromatic carbocycles. The van der Waals surface area contributed by atoms with E-state index < -0.39 is 0 Å². The maximum Gasteiger partial charge on any atom is 0.0687 e. The summed E-state index contributed by atoms with van der Waals surface area (Å²) >= 11 is 0. The quantitative estimate of drug-likeness (QED) is 0.711. The SMILES string of the molecule is CCC1CCCC1NCC(O)C(C)C. The zero-order valence-electron chi connectivity index (χ0n) is 9.79. The summed E-state index contributed by atoms with van der Waals surface area (Å²) in [6.07, 6.45) is 5.10. The molecule has 1 aliphatic carbocycles. The Labute approximate surface area is 88.1 Å². The van der Waals surface area contributed by atoms with Gasteiger partial charge in [-0.15, -0.1) is 0 Å². The predicted octanol–water partition coefficient (Wildman–Crippen LogP) is 2.17. The molecule has 1 saturated carbocycles. The largest absolute Gasteiger partial charge is 0.392 e. The van der Waals surface area contributed by atoms with E-state index in [4.69, 9.17) is 0 Å². The van der Waals surface area contributed by atoms with E-state index in [1.807, 2.05) is 0 Å². The van der Waals surface area contributed by atoms with E-state index in [0.29, 0.717) is 12.0 Å². The summed E-state index contributed by atoms with van der Waals surface area (Å²) in [5.41, 5.74) is 0. The fraction of sp³-hybridized carbons (Fsp3) is 1.00. The van der Waals surface area contributed by atoms with Crippen LogP contribution in [-0.4, -0.2) is 23.8 Å². The third kappa shape index (κ3) is 3.25.